The largest absolute Gasteiger partial charge is 0.507 e. The molecule has 1 aliphatic rings. The average Bonchev–Trinajstić information content (AvgIpc) is 3.01. The lowest BCUT2D eigenvalue weighted by atomic mass is 9.95. The van der Waals surface area contributed by atoms with Gasteiger partial charge in [-0.2, -0.15) is 0 Å². The first-order chi connectivity index (χ1) is 14.9. The van der Waals surface area contributed by atoms with Crippen LogP contribution in [0.15, 0.2) is 76.9 Å². The highest BCUT2D eigenvalue weighted by atomic mass is 79.9. The second kappa shape index (κ2) is 8.65. The summed E-state index contributed by atoms with van der Waals surface area (Å²) in [5, 5.41) is 11.7. The first-order valence-electron chi connectivity index (χ1n) is 9.57. The van der Waals surface area contributed by atoms with E-state index in [0.29, 0.717) is 21.8 Å². The van der Waals surface area contributed by atoms with Crippen molar-refractivity contribution in [2.75, 3.05) is 0 Å². The summed E-state index contributed by atoms with van der Waals surface area (Å²) in [5.74, 6) is -1.62. The normalized spacial score (nSPS) is 17.9. The number of aryl methyl sites for hydroxylation is 1. The standard InChI is InChI=1S/C24H18BrClN2O3/c1-14-12-16(7-10-19(14)25)22(29)20-21(15-5-8-17(26)9-6-15)28(24(31)23(20)30)13-18-4-2-3-11-27-18/h2-12,21,29H,13H2,1H3/b22-20-. The molecule has 1 N–H and O–H groups in total. The van der Waals surface area contributed by atoms with Crippen LogP contribution in [0, 0.1) is 6.92 Å². The van der Waals surface area contributed by atoms with Crippen LogP contribution in [0.1, 0.15) is 28.4 Å². The number of carbonyl (C=O) groups is 2. The van der Waals surface area contributed by atoms with E-state index >= 15 is 0 Å². The van der Waals surface area contributed by atoms with Crippen LogP contribution >= 0.6 is 27.5 Å². The summed E-state index contributed by atoms with van der Waals surface area (Å²) in [7, 11) is 0. The Morgan fingerprint density at radius 1 is 1.13 bits per heavy atom. The first-order valence-corrected chi connectivity index (χ1v) is 10.7. The molecule has 1 atom stereocenters. The number of halogens is 2. The van der Waals surface area contributed by atoms with Crippen LogP contribution in [0.25, 0.3) is 5.76 Å². The van der Waals surface area contributed by atoms with Crippen molar-refractivity contribution in [2.45, 2.75) is 19.5 Å². The van der Waals surface area contributed by atoms with Crippen LogP contribution in [0.2, 0.25) is 5.02 Å². The molecule has 1 aromatic heterocycles. The number of nitrogens with zero attached hydrogens (tertiary/aromatic N) is 2. The van der Waals surface area contributed by atoms with Gasteiger partial charge < -0.3 is 10.0 Å². The maximum Gasteiger partial charge on any atom is 0.296 e. The van der Waals surface area contributed by atoms with Gasteiger partial charge in [-0.25, -0.2) is 0 Å². The van der Waals surface area contributed by atoms with E-state index in [-0.39, 0.29) is 17.9 Å². The molecule has 31 heavy (non-hydrogen) atoms. The maximum absolute atomic E-state index is 13.1. The van der Waals surface area contributed by atoms with Gasteiger partial charge in [0.05, 0.1) is 23.9 Å². The molecule has 1 unspecified atom stereocenters. The lowest BCUT2D eigenvalue weighted by Gasteiger charge is -2.25. The number of benzene rings is 2. The van der Waals surface area contributed by atoms with Crippen molar-refractivity contribution in [1.82, 2.24) is 9.88 Å². The zero-order valence-corrected chi connectivity index (χ0v) is 18.9. The van der Waals surface area contributed by atoms with Crippen molar-refractivity contribution in [2.24, 2.45) is 0 Å². The molecule has 0 bridgehead atoms. The van der Waals surface area contributed by atoms with Crippen LogP contribution in [-0.2, 0) is 16.1 Å². The third kappa shape index (κ3) is 4.13. The fourth-order valence-electron chi connectivity index (χ4n) is 3.65. The van der Waals surface area contributed by atoms with Crippen molar-refractivity contribution in [3.8, 4) is 0 Å². The number of carbonyl (C=O) groups excluding carboxylic acids is 2. The topological polar surface area (TPSA) is 70.5 Å². The Morgan fingerprint density at radius 2 is 1.87 bits per heavy atom. The molecule has 4 rings (SSSR count). The molecule has 0 spiro atoms. The number of amides is 1. The Balaban J connectivity index is 1.87. The van der Waals surface area contributed by atoms with Crippen LogP contribution in [0.5, 0.6) is 0 Å². The van der Waals surface area contributed by atoms with E-state index in [4.69, 9.17) is 11.6 Å². The van der Waals surface area contributed by atoms with Crippen molar-refractivity contribution in [1.29, 1.82) is 0 Å². The summed E-state index contributed by atoms with van der Waals surface area (Å²) in [6, 6.07) is 16.8. The number of aromatic nitrogens is 1. The van der Waals surface area contributed by atoms with Crippen molar-refractivity contribution < 1.29 is 14.7 Å². The Kier molecular flexibility index (Phi) is 5.94. The van der Waals surface area contributed by atoms with Gasteiger partial charge >= 0.3 is 0 Å². The molecular formula is C24H18BrClN2O3. The smallest absolute Gasteiger partial charge is 0.296 e. The van der Waals surface area contributed by atoms with Gasteiger partial charge in [-0.05, 0) is 54.4 Å². The number of hydrogen-bond donors (Lipinski definition) is 1. The number of aliphatic hydroxyl groups is 1. The second-order valence-electron chi connectivity index (χ2n) is 7.26. The molecule has 5 nitrogen and oxygen atoms in total. The lowest BCUT2D eigenvalue weighted by molar-refractivity contribution is -0.140. The summed E-state index contributed by atoms with van der Waals surface area (Å²) >= 11 is 9.48. The number of Topliss-reactive ketones (excluding diaryl/α,β-unsaturated/α-hetero) is 1. The minimum Gasteiger partial charge on any atom is -0.507 e. The SMILES string of the molecule is Cc1cc(/C(O)=C2/C(=O)C(=O)N(Cc3ccccn3)C2c2ccc(Cl)cc2)ccc1Br. The van der Waals surface area contributed by atoms with E-state index in [0.717, 1.165) is 10.0 Å². The molecule has 156 valence electrons. The predicted molar refractivity (Wildman–Crippen MR) is 122 cm³/mol. The predicted octanol–water partition coefficient (Wildman–Crippen LogP) is 5.43. The summed E-state index contributed by atoms with van der Waals surface area (Å²) in [6.45, 7) is 2.02. The number of aliphatic hydroxyl groups excluding tert-OH is 1. The molecule has 1 fully saturated rings. The van der Waals surface area contributed by atoms with Gasteiger partial charge in [0.1, 0.15) is 5.76 Å². The van der Waals surface area contributed by atoms with Gasteiger partial charge in [0.2, 0.25) is 0 Å². The Bertz CT molecular complexity index is 1190. The molecular weight excluding hydrogens is 480 g/mol. The van der Waals surface area contributed by atoms with Crippen LogP contribution in [0.4, 0.5) is 0 Å². The Labute approximate surface area is 193 Å². The number of hydrogen-bond acceptors (Lipinski definition) is 4. The molecule has 0 saturated carbocycles. The molecule has 1 saturated heterocycles. The van der Waals surface area contributed by atoms with Gasteiger partial charge in [0.25, 0.3) is 11.7 Å². The quantitative estimate of drug-likeness (QED) is 0.296. The van der Waals surface area contributed by atoms with Crippen LogP contribution in [-0.4, -0.2) is 26.7 Å². The van der Waals surface area contributed by atoms with E-state index in [1.54, 1.807) is 60.8 Å². The second-order valence-corrected chi connectivity index (χ2v) is 8.55. The molecule has 2 heterocycles. The molecule has 1 amide bonds. The van der Waals surface area contributed by atoms with Gasteiger partial charge in [0.15, 0.2) is 0 Å². The van der Waals surface area contributed by atoms with E-state index in [1.807, 2.05) is 13.0 Å². The van der Waals surface area contributed by atoms with E-state index in [2.05, 4.69) is 20.9 Å². The fourth-order valence-corrected chi connectivity index (χ4v) is 4.02. The summed E-state index contributed by atoms with van der Waals surface area (Å²) < 4.78 is 0.883. The van der Waals surface area contributed by atoms with E-state index < -0.39 is 17.7 Å². The third-order valence-corrected chi connectivity index (χ3v) is 6.36. The van der Waals surface area contributed by atoms with Crippen molar-refractivity contribution in [3.05, 3.63) is 104 Å². The number of pyridine rings is 1. The van der Waals surface area contributed by atoms with Gasteiger partial charge in [-0.15, -0.1) is 0 Å². The highest BCUT2D eigenvalue weighted by molar-refractivity contribution is 9.10. The van der Waals surface area contributed by atoms with Crippen LogP contribution < -0.4 is 0 Å². The van der Waals surface area contributed by atoms with Crippen LogP contribution in [0.3, 0.4) is 0 Å². The molecule has 1 aliphatic heterocycles. The Hall–Kier alpha value is -2.96. The average molecular weight is 498 g/mol. The monoisotopic (exact) mass is 496 g/mol. The minimum absolute atomic E-state index is 0.0463. The highest BCUT2D eigenvalue weighted by Gasteiger charge is 2.46. The first kappa shape index (κ1) is 21.3. The molecule has 0 aliphatic carbocycles. The van der Waals surface area contributed by atoms with E-state index in [1.165, 1.54) is 4.90 Å². The minimum atomic E-state index is -0.761. The van der Waals surface area contributed by atoms with Gasteiger partial charge in [-0.3, -0.25) is 14.6 Å². The highest BCUT2D eigenvalue weighted by Crippen LogP contribution is 2.40. The summed E-state index contributed by atoms with van der Waals surface area (Å²) in [4.78, 5) is 31.8. The number of likely N-dealkylation sites (tertiary alicyclic amines) is 1. The third-order valence-electron chi connectivity index (χ3n) is 5.22. The number of ketones is 1. The summed E-state index contributed by atoms with van der Waals surface area (Å²) in [5.41, 5.74) is 2.73. The van der Waals surface area contributed by atoms with Gasteiger partial charge in [-0.1, -0.05) is 51.8 Å². The number of rotatable bonds is 4. The Morgan fingerprint density at radius 3 is 2.52 bits per heavy atom. The van der Waals surface area contributed by atoms with Crippen molar-refractivity contribution >= 4 is 45.0 Å². The molecule has 2 aromatic carbocycles. The maximum atomic E-state index is 13.1. The van der Waals surface area contributed by atoms with E-state index in [9.17, 15) is 14.7 Å². The zero-order chi connectivity index (χ0) is 22.1. The van der Waals surface area contributed by atoms with Crippen molar-refractivity contribution in [3.63, 3.8) is 0 Å². The molecule has 7 heteroatoms. The fraction of sp³-hybridized carbons (Fsp3) is 0.125. The molecule has 0 radical (unpaired) electrons. The summed E-state index contributed by atoms with van der Waals surface area (Å²) in [6.07, 6.45) is 1.63. The zero-order valence-electron chi connectivity index (χ0n) is 16.5. The molecule has 3 aromatic rings. The van der Waals surface area contributed by atoms with Gasteiger partial charge in [0, 0.05) is 21.3 Å². The lowest BCUT2D eigenvalue weighted by Crippen LogP contribution is -2.29.